The second kappa shape index (κ2) is 4.34. The number of rotatable bonds is 2. The molecule has 1 N–H and O–H groups in total. The summed E-state index contributed by atoms with van der Waals surface area (Å²) in [6.07, 6.45) is -1.20. The van der Waals surface area contributed by atoms with Gasteiger partial charge in [-0.05, 0) is 22.6 Å². The molecule has 0 amide bonds. The van der Waals surface area contributed by atoms with Gasteiger partial charge in [-0.15, -0.1) is 10.2 Å². The average molecular weight is 271 g/mol. The molecule has 0 atom stereocenters. The highest BCUT2D eigenvalue weighted by Gasteiger charge is 2.29. The number of hydrogen-bond acceptors (Lipinski definition) is 7. The van der Waals surface area contributed by atoms with Crippen LogP contribution in [0.15, 0.2) is 49.7 Å². The van der Waals surface area contributed by atoms with Gasteiger partial charge in [-0.3, -0.25) is 9.59 Å². The summed E-state index contributed by atoms with van der Waals surface area (Å²) in [6, 6.07) is 6.75. The zero-order chi connectivity index (χ0) is 14.3. The minimum atomic E-state index is -1.20. The molecule has 0 saturated heterocycles. The van der Waals surface area contributed by atoms with Gasteiger partial charge in [0.05, 0.1) is 5.52 Å². The number of aromatic hydroxyl groups is 1. The number of pyridine rings is 1. The number of aromatic nitrogens is 1. The Bertz CT molecular complexity index is 825. The highest BCUT2D eigenvalue weighted by Crippen LogP contribution is 2.27. The molecule has 0 aliphatic carbocycles. The minimum Gasteiger partial charge on any atom is -0.506 e. The molecule has 0 fully saturated rings. The molecule has 3 rings (SSSR count). The van der Waals surface area contributed by atoms with Crippen molar-refractivity contribution in [2.75, 3.05) is 0 Å². The van der Waals surface area contributed by atoms with Crippen molar-refractivity contribution < 1.29 is 9.90 Å². The summed E-state index contributed by atoms with van der Waals surface area (Å²) in [4.78, 5) is 24.4. The number of carbonyl (C=O) groups is 1. The number of fused-ring (bicyclic) bond motifs is 1. The predicted octanol–water partition coefficient (Wildman–Crippen LogP) is 1.59. The van der Waals surface area contributed by atoms with Gasteiger partial charge in [0.2, 0.25) is 11.9 Å². The third kappa shape index (κ3) is 1.62. The van der Waals surface area contributed by atoms with Crippen molar-refractivity contribution in [2.45, 2.75) is 6.17 Å². The van der Waals surface area contributed by atoms with Gasteiger partial charge in [-0.25, -0.2) is 0 Å². The molecule has 8 heteroatoms. The molecule has 1 aliphatic rings. The SMILES string of the molecule is Cn1c(=O)c(C(=O)C2N=NN=N2)c(O)c2ccccc21. The third-order valence-electron chi connectivity index (χ3n) is 3.12. The number of aryl methyl sites for hydroxylation is 1. The fraction of sp³-hybridized carbons (Fsp3) is 0.167. The van der Waals surface area contributed by atoms with E-state index in [0.29, 0.717) is 10.9 Å². The summed E-state index contributed by atoms with van der Waals surface area (Å²) in [5.74, 6) is -1.09. The van der Waals surface area contributed by atoms with Crippen LogP contribution in [0, 0.1) is 0 Å². The van der Waals surface area contributed by atoms with Crippen LogP contribution in [0.2, 0.25) is 0 Å². The molecule has 0 unspecified atom stereocenters. The van der Waals surface area contributed by atoms with Gasteiger partial charge >= 0.3 is 0 Å². The average Bonchev–Trinajstić information content (AvgIpc) is 2.99. The molecule has 1 aromatic carbocycles. The van der Waals surface area contributed by atoms with Crippen LogP contribution < -0.4 is 5.56 Å². The lowest BCUT2D eigenvalue weighted by Crippen LogP contribution is -2.28. The normalized spacial score (nSPS) is 14.2. The maximum Gasteiger partial charge on any atom is 0.265 e. The Morgan fingerprint density at radius 3 is 2.60 bits per heavy atom. The van der Waals surface area contributed by atoms with E-state index >= 15 is 0 Å². The zero-order valence-electron chi connectivity index (χ0n) is 10.4. The van der Waals surface area contributed by atoms with E-state index in [2.05, 4.69) is 20.7 Å². The Morgan fingerprint density at radius 1 is 1.25 bits per heavy atom. The lowest BCUT2D eigenvalue weighted by atomic mass is 10.1. The van der Waals surface area contributed by atoms with E-state index in [-0.39, 0.29) is 11.3 Å². The summed E-state index contributed by atoms with van der Waals surface area (Å²) in [6.45, 7) is 0. The number of nitrogens with zero attached hydrogens (tertiary/aromatic N) is 5. The van der Waals surface area contributed by atoms with Crippen molar-refractivity contribution in [1.82, 2.24) is 4.57 Å². The molecule has 0 saturated carbocycles. The summed E-state index contributed by atoms with van der Waals surface area (Å²) >= 11 is 0. The fourth-order valence-electron chi connectivity index (χ4n) is 2.10. The molecule has 1 aromatic heterocycles. The zero-order valence-corrected chi connectivity index (χ0v) is 10.4. The summed E-state index contributed by atoms with van der Waals surface area (Å²) < 4.78 is 1.30. The van der Waals surface area contributed by atoms with Gasteiger partial charge in [0.15, 0.2) is 0 Å². The lowest BCUT2D eigenvalue weighted by molar-refractivity contribution is 0.0960. The quantitative estimate of drug-likeness (QED) is 0.837. The fourth-order valence-corrected chi connectivity index (χ4v) is 2.10. The smallest absolute Gasteiger partial charge is 0.265 e. The van der Waals surface area contributed by atoms with Gasteiger partial charge < -0.3 is 9.67 Å². The Balaban J connectivity index is 2.31. The first-order valence-electron chi connectivity index (χ1n) is 5.76. The largest absolute Gasteiger partial charge is 0.506 e. The third-order valence-corrected chi connectivity index (χ3v) is 3.12. The number of ketones is 1. The molecule has 1 aliphatic heterocycles. The number of hydrogen-bond donors (Lipinski definition) is 1. The number of benzene rings is 1. The molecular formula is C12H9N5O3. The van der Waals surface area contributed by atoms with E-state index in [1.54, 1.807) is 24.3 Å². The van der Waals surface area contributed by atoms with Crippen LogP contribution >= 0.6 is 0 Å². The van der Waals surface area contributed by atoms with Crippen LogP contribution in [0.3, 0.4) is 0 Å². The first kappa shape index (κ1) is 12.2. The number of carbonyl (C=O) groups excluding carboxylic acids is 1. The van der Waals surface area contributed by atoms with E-state index in [1.807, 2.05) is 0 Å². The topological polar surface area (TPSA) is 109 Å². The minimum absolute atomic E-state index is 0.351. The molecule has 8 nitrogen and oxygen atoms in total. The van der Waals surface area contributed by atoms with Crippen molar-refractivity contribution in [3.63, 3.8) is 0 Å². The van der Waals surface area contributed by atoms with Crippen LogP contribution in [0.5, 0.6) is 5.75 Å². The first-order valence-corrected chi connectivity index (χ1v) is 5.76. The van der Waals surface area contributed by atoms with Crippen LogP contribution in [0.25, 0.3) is 10.9 Å². The van der Waals surface area contributed by atoms with Crippen LogP contribution in [0.4, 0.5) is 0 Å². The second-order valence-electron chi connectivity index (χ2n) is 4.25. The number of Topliss-reactive ketones (excluding diaryl/α,β-unsaturated/α-hetero) is 1. The molecular weight excluding hydrogens is 262 g/mol. The highest BCUT2D eigenvalue weighted by molar-refractivity contribution is 6.06. The van der Waals surface area contributed by atoms with E-state index < -0.39 is 17.5 Å². The van der Waals surface area contributed by atoms with E-state index in [9.17, 15) is 14.7 Å². The van der Waals surface area contributed by atoms with E-state index in [1.165, 1.54) is 11.6 Å². The Morgan fingerprint density at radius 2 is 1.90 bits per heavy atom. The lowest BCUT2D eigenvalue weighted by Gasteiger charge is -2.11. The van der Waals surface area contributed by atoms with Crippen molar-refractivity contribution in [1.29, 1.82) is 0 Å². The van der Waals surface area contributed by atoms with E-state index in [4.69, 9.17) is 0 Å². The van der Waals surface area contributed by atoms with Crippen molar-refractivity contribution in [2.24, 2.45) is 27.7 Å². The van der Waals surface area contributed by atoms with Crippen molar-refractivity contribution >= 4 is 16.7 Å². The first-order chi connectivity index (χ1) is 9.61. The van der Waals surface area contributed by atoms with Gasteiger partial charge in [-0.2, -0.15) is 0 Å². The molecule has 0 spiro atoms. The molecule has 20 heavy (non-hydrogen) atoms. The van der Waals surface area contributed by atoms with Crippen LogP contribution in [0.1, 0.15) is 10.4 Å². The predicted molar refractivity (Wildman–Crippen MR) is 68.7 cm³/mol. The summed E-state index contributed by atoms with van der Waals surface area (Å²) in [5.41, 5.74) is -0.430. The Hall–Kier alpha value is -2.90. The molecule has 0 radical (unpaired) electrons. The summed E-state index contributed by atoms with van der Waals surface area (Å²) in [7, 11) is 1.53. The Kier molecular flexibility index (Phi) is 2.63. The van der Waals surface area contributed by atoms with Gasteiger partial charge in [0.1, 0.15) is 11.3 Å². The van der Waals surface area contributed by atoms with Crippen molar-refractivity contribution in [3.8, 4) is 5.75 Å². The Labute approximate surface area is 112 Å². The van der Waals surface area contributed by atoms with Gasteiger partial charge in [0, 0.05) is 12.4 Å². The maximum atomic E-state index is 12.2. The monoisotopic (exact) mass is 271 g/mol. The van der Waals surface area contributed by atoms with Crippen LogP contribution in [-0.2, 0) is 7.05 Å². The highest BCUT2D eigenvalue weighted by atomic mass is 16.3. The van der Waals surface area contributed by atoms with E-state index in [0.717, 1.165) is 0 Å². The van der Waals surface area contributed by atoms with Crippen molar-refractivity contribution in [3.05, 3.63) is 40.2 Å². The molecule has 2 heterocycles. The van der Waals surface area contributed by atoms with Gasteiger partial charge in [-0.1, -0.05) is 12.1 Å². The van der Waals surface area contributed by atoms with Crippen LogP contribution in [-0.4, -0.2) is 21.6 Å². The molecule has 100 valence electrons. The molecule has 2 aromatic rings. The standard InChI is InChI=1S/C12H9N5O3/c1-17-7-5-3-2-4-6(7)9(18)8(12(17)20)10(19)11-13-15-16-14-11/h2-5,11,18H,1H3. The maximum absolute atomic E-state index is 12.2. The second-order valence-corrected chi connectivity index (χ2v) is 4.25. The van der Waals surface area contributed by atoms with Gasteiger partial charge in [0.25, 0.3) is 5.56 Å². The summed E-state index contributed by atoms with van der Waals surface area (Å²) in [5, 5.41) is 24.0. The number of para-hydroxylation sites is 1. The molecule has 0 bridgehead atoms.